The molecule has 2 amide bonds. The summed E-state index contributed by atoms with van der Waals surface area (Å²) in [6, 6.07) is 16.4. The molecule has 0 aromatic heterocycles. The van der Waals surface area contributed by atoms with Crippen molar-refractivity contribution >= 4 is 27.6 Å². The fourth-order valence-electron chi connectivity index (χ4n) is 2.87. The third-order valence-electron chi connectivity index (χ3n) is 4.35. The van der Waals surface area contributed by atoms with Crippen molar-refractivity contribution in [1.29, 1.82) is 0 Å². The normalized spacial score (nSPS) is 15.3. The van der Waals surface area contributed by atoms with Crippen molar-refractivity contribution in [2.45, 2.75) is 13.5 Å². The van der Waals surface area contributed by atoms with Gasteiger partial charge in [-0.2, -0.15) is 0 Å². The first-order chi connectivity index (χ1) is 11.6. The summed E-state index contributed by atoms with van der Waals surface area (Å²) in [6.45, 7) is 6.26. The van der Waals surface area contributed by atoms with E-state index in [1.807, 2.05) is 36.1 Å². The fourth-order valence-corrected chi connectivity index (χ4v) is 3.23. The van der Waals surface area contributed by atoms with E-state index in [-0.39, 0.29) is 6.03 Å². The SMILES string of the molecule is Cc1ccc(Br)cc1NC(=O)N1CCN(Cc2ccccc2)CC1. The number of amides is 2. The van der Waals surface area contributed by atoms with Crippen LogP contribution in [-0.2, 0) is 6.54 Å². The summed E-state index contributed by atoms with van der Waals surface area (Å²) in [5, 5.41) is 3.02. The Balaban J connectivity index is 1.52. The van der Waals surface area contributed by atoms with Gasteiger partial charge in [-0.3, -0.25) is 4.90 Å². The highest BCUT2D eigenvalue weighted by atomic mass is 79.9. The molecule has 5 heteroatoms. The van der Waals surface area contributed by atoms with Gasteiger partial charge in [0.1, 0.15) is 0 Å². The number of hydrogen-bond donors (Lipinski definition) is 1. The average Bonchev–Trinajstić information content (AvgIpc) is 2.60. The maximum atomic E-state index is 12.5. The lowest BCUT2D eigenvalue weighted by atomic mass is 10.2. The van der Waals surface area contributed by atoms with E-state index in [1.165, 1.54) is 5.56 Å². The number of halogens is 1. The Morgan fingerprint density at radius 2 is 1.79 bits per heavy atom. The average molecular weight is 388 g/mol. The predicted octanol–water partition coefficient (Wildman–Crippen LogP) is 4.11. The van der Waals surface area contributed by atoms with Gasteiger partial charge >= 0.3 is 6.03 Å². The van der Waals surface area contributed by atoms with Gasteiger partial charge in [-0.25, -0.2) is 4.79 Å². The molecule has 1 heterocycles. The molecule has 126 valence electrons. The number of aryl methyl sites for hydroxylation is 1. The maximum Gasteiger partial charge on any atom is 0.321 e. The minimum Gasteiger partial charge on any atom is -0.322 e. The van der Waals surface area contributed by atoms with Crippen LogP contribution in [0.3, 0.4) is 0 Å². The lowest BCUT2D eigenvalue weighted by Gasteiger charge is -2.34. The summed E-state index contributed by atoms with van der Waals surface area (Å²) in [7, 11) is 0. The minimum absolute atomic E-state index is 0.0180. The van der Waals surface area contributed by atoms with Crippen LogP contribution >= 0.6 is 15.9 Å². The van der Waals surface area contributed by atoms with Crippen molar-refractivity contribution in [3.05, 3.63) is 64.1 Å². The molecule has 0 aliphatic carbocycles. The Morgan fingerprint density at radius 1 is 1.08 bits per heavy atom. The van der Waals surface area contributed by atoms with E-state index in [1.54, 1.807) is 0 Å². The summed E-state index contributed by atoms with van der Waals surface area (Å²) in [5.74, 6) is 0. The van der Waals surface area contributed by atoms with Crippen LogP contribution in [0.25, 0.3) is 0 Å². The van der Waals surface area contributed by atoms with Gasteiger partial charge in [0.2, 0.25) is 0 Å². The lowest BCUT2D eigenvalue weighted by molar-refractivity contribution is 0.143. The zero-order chi connectivity index (χ0) is 16.9. The molecule has 1 aliphatic heterocycles. The molecular weight excluding hydrogens is 366 g/mol. The first-order valence-corrected chi connectivity index (χ1v) is 8.99. The number of nitrogens with one attached hydrogen (secondary N) is 1. The molecule has 0 spiro atoms. The second-order valence-corrected chi connectivity index (χ2v) is 7.05. The molecule has 2 aromatic carbocycles. The van der Waals surface area contributed by atoms with E-state index >= 15 is 0 Å². The highest BCUT2D eigenvalue weighted by molar-refractivity contribution is 9.10. The molecule has 0 saturated carbocycles. The van der Waals surface area contributed by atoms with Gasteiger partial charge in [-0.1, -0.05) is 52.3 Å². The Bertz CT molecular complexity index is 697. The molecule has 4 nitrogen and oxygen atoms in total. The molecule has 1 saturated heterocycles. The zero-order valence-electron chi connectivity index (χ0n) is 13.8. The number of hydrogen-bond acceptors (Lipinski definition) is 2. The summed E-state index contributed by atoms with van der Waals surface area (Å²) >= 11 is 3.45. The van der Waals surface area contributed by atoms with Crippen molar-refractivity contribution in [3.8, 4) is 0 Å². The van der Waals surface area contributed by atoms with Crippen LogP contribution in [0.5, 0.6) is 0 Å². The number of piperazine rings is 1. The Labute approximate surface area is 151 Å². The van der Waals surface area contributed by atoms with E-state index in [2.05, 4.69) is 50.4 Å². The van der Waals surface area contributed by atoms with Gasteiger partial charge in [0, 0.05) is 42.9 Å². The molecule has 0 radical (unpaired) electrons. The van der Waals surface area contributed by atoms with Crippen molar-refractivity contribution in [2.24, 2.45) is 0 Å². The third kappa shape index (κ3) is 4.36. The molecule has 1 aliphatic rings. The summed E-state index contributed by atoms with van der Waals surface area (Å²) in [5.41, 5.74) is 3.25. The first-order valence-electron chi connectivity index (χ1n) is 8.20. The number of nitrogens with zero attached hydrogens (tertiary/aromatic N) is 2. The molecule has 3 rings (SSSR count). The number of benzene rings is 2. The number of anilines is 1. The van der Waals surface area contributed by atoms with E-state index < -0.39 is 0 Å². The largest absolute Gasteiger partial charge is 0.322 e. The van der Waals surface area contributed by atoms with E-state index in [9.17, 15) is 4.79 Å². The second kappa shape index (κ2) is 7.81. The molecule has 1 fully saturated rings. The summed E-state index contributed by atoms with van der Waals surface area (Å²) < 4.78 is 0.969. The number of carbonyl (C=O) groups is 1. The molecule has 0 atom stereocenters. The van der Waals surface area contributed by atoms with Crippen LogP contribution in [0.15, 0.2) is 53.0 Å². The van der Waals surface area contributed by atoms with Crippen LogP contribution in [0.2, 0.25) is 0 Å². The van der Waals surface area contributed by atoms with Crippen molar-refractivity contribution < 1.29 is 4.79 Å². The van der Waals surface area contributed by atoms with Gasteiger partial charge < -0.3 is 10.2 Å². The van der Waals surface area contributed by atoms with Gasteiger partial charge in [-0.15, -0.1) is 0 Å². The summed E-state index contributed by atoms with van der Waals surface area (Å²) in [4.78, 5) is 16.8. The van der Waals surface area contributed by atoms with Crippen LogP contribution in [0.1, 0.15) is 11.1 Å². The fraction of sp³-hybridized carbons (Fsp3) is 0.316. The summed E-state index contributed by atoms with van der Waals surface area (Å²) in [6.07, 6.45) is 0. The molecule has 24 heavy (non-hydrogen) atoms. The Kier molecular flexibility index (Phi) is 5.53. The maximum absolute atomic E-state index is 12.5. The van der Waals surface area contributed by atoms with Crippen LogP contribution in [0, 0.1) is 6.92 Å². The van der Waals surface area contributed by atoms with Crippen molar-refractivity contribution in [1.82, 2.24) is 9.80 Å². The van der Waals surface area contributed by atoms with Crippen molar-refractivity contribution in [3.63, 3.8) is 0 Å². The number of carbonyl (C=O) groups excluding carboxylic acids is 1. The van der Waals surface area contributed by atoms with Gasteiger partial charge in [0.25, 0.3) is 0 Å². The molecule has 2 aromatic rings. The van der Waals surface area contributed by atoms with Gasteiger partial charge in [-0.05, 0) is 30.2 Å². The number of urea groups is 1. The van der Waals surface area contributed by atoms with E-state index in [0.29, 0.717) is 0 Å². The molecular formula is C19H22BrN3O. The number of rotatable bonds is 3. The van der Waals surface area contributed by atoms with Gasteiger partial charge in [0.05, 0.1) is 0 Å². The third-order valence-corrected chi connectivity index (χ3v) is 4.84. The first kappa shape index (κ1) is 17.0. The van der Waals surface area contributed by atoms with E-state index in [4.69, 9.17) is 0 Å². The standard InChI is InChI=1S/C19H22BrN3O/c1-15-7-8-17(20)13-18(15)21-19(24)23-11-9-22(10-12-23)14-16-5-3-2-4-6-16/h2-8,13H,9-12,14H2,1H3,(H,21,24). The Hall–Kier alpha value is -1.85. The van der Waals surface area contributed by atoms with Crippen LogP contribution in [-0.4, -0.2) is 42.0 Å². The topological polar surface area (TPSA) is 35.6 Å². The monoisotopic (exact) mass is 387 g/mol. The highest BCUT2D eigenvalue weighted by Gasteiger charge is 2.21. The molecule has 0 bridgehead atoms. The Morgan fingerprint density at radius 3 is 2.50 bits per heavy atom. The quantitative estimate of drug-likeness (QED) is 0.859. The van der Waals surface area contributed by atoms with Crippen LogP contribution < -0.4 is 5.32 Å². The minimum atomic E-state index is -0.0180. The van der Waals surface area contributed by atoms with E-state index in [0.717, 1.165) is 48.4 Å². The molecule has 1 N–H and O–H groups in total. The van der Waals surface area contributed by atoms with Crippen molar-refractivity contribution in [2.75, 3.05) is 31.5 Å². The second-order valence-electron chi connectivity index (χ2n) is 6.14. The predicted molar refractivity (Wildman–Crippen MR) is 101 cm³/mol. The zero-order valence-corrected chi connectivity index (χ0v) is 15.4. The molecule has 0 unspecified atom stereocenters. The van der Waals surface area contributed by atoms with Gasteiger partial charge in [0.15, 0.2) is 0 Å². The highest BCUT2D eigenvalue weighted by Crippen LogP contribution is 2.21. The smallest absolute Gasteiger partial charge is 0.321 e. The lowest BCUT2D eigenvalue weighted by Crippen LogP contribution is -2.49. The van der Waals surface area contributed by atoms with Crippen LogP contribution in [0.4, 0.5) is 10.5 Å².